The third kappa shape index (κ3) is 3.66. The second-order valence-corrected chi connectivity index (χ2v) is 9.19. The monoisotopic (exact) mass is 467 g/mol. The first-order valence-corrected chi connectivity index (χ1v) is 11.6. The molecule has 6 nitrogen and oxygen atoms in total. The van der Waals surface area contributed by atoms with Crippen LogP contribution in [-0.2, 0) is 11.3 Å². The number of hydrogen-bond acceptors (Lipinski definition) is 4. The lowest BCUT2D eigenvalue weighted by Gasteiger charge is -2.15. The quantitative estimate of drug-likeness (QED) is 0.359. The fourth-order valence-corrected chi connectivity index (χ4v) is 5.47. The summed E-state index contributed by atoms with van der Waals surface area (Å²) in [5.41, 5.74) is 8.90. The molecule has 168 valence electrons. The SMILES string of the molecule is Cc1sc(NC(=O)Cn2c3ccccc3c(=O)c3ccccc32)c(C(N)=O)c1-c1ccccc1. The van der Waals surface area contributed by atoms with Gasteiger partial charge in [0.25, 0.3) is 5.91 Å². The Morgan fingerprint density at radius 2 is 1.44 bits per heavy atom. The first-order valence-electron chi connectivity index (χ1n) is 10.7. The Kier molecular flexibility index (Phi) is 5.47. The fraction of sp³-hybridized carbons (Fsp3) is 0.0741. The van der Waals surface area contributed by atoms with Crippen LogP contribution < -0.4 is 16.5 Å². The maximum atomic E-state index is 13.2. The number of aromatic nitrogens is 1. The van der Waals surface area contributed by atoms with Gasteiger partial charge in [-0.05, 0) is 36.8 Å². The van der Waals surface area contributed by atoms with Gasteiger partial charge in [-0.1, -0.05) is 54.6 Å². The van der Waals surface area contributed by atoms with E-state index in [0.29, 0.717) is 32.4 Å². The molecule has 2 heterocycles. The molecule has 5 rings (SSSR count). The van der Waals surface area contributed by atoms with Crippen molar-refractivity contribution in [2.24, 2.45) is 5.73 Å². The van der Waals surface area contributed by atoms with E-state index < -0.39 is 5.91 Å². The predicted octanol–water partition coefficient (Wildman–Crippen LogP) is 4.93. The maximum Gasteiger partial charge on any atom is 0.252 e. The molecule has 2 amide bonds. The van der Waals surface area contributed by atoms with E-state index in [1.54, 1.807) is 12.1 Å². The normalized spacial score (nSPS) is 11.1. The average Bonchev–Trinajstić information content (AvgIpc) is 3.18. The zero-order valence-electron chi connectivity index (χ0n) is 18.4. The number of nitrogens with one attached hydrogen (secondary N) is 1. The standard InChI is InChI=1S/C27H21N3O3S/c1-16-23(17-9-3-2-4-10-17)24(26(28)33)27(34-16)29-22(31)15-30-20-13-7-5-11-18(20)25(32)19-12-6-8-14-21(19)30/h2-14H,15H2,1H3,(H2,28,33)(H,29,31). The van der Waals surface area contributed by atoms with Crippen LogP contribution in [0.2, 0.25) is 0 Å². The van der Waals surface area contributed by atoms with Crippen molar-refractivity contribution < 1.29 is 9.59 Å². The number of para-hydroxylation sites is 2. The summed E-state index contributed by atoms with van der Waals surface area (Å²) in [5, 5.41) is 4.41. The fourth-order valence-electron chi connectivity index (χ4n) is 4.38. The smallest absolute Gasteiger partial charge is 0.252 e. The molecule has 3 N–H and O–H groups in total. The molecular weight excluding hydrogens is 446 g/mol. The minimum Gasteiger partial charge on any atom is -0.365 e. The van der Waals surface area contributed by atoms with E-state index in [0.717, 1.165) is 16.0 Å². The minimum absolute atomic E-state index is 0.0306. The molecule has 7 heteroatoms. The van der Waals surface area contributed by atoms with Crippen LogP contribution in [0.4, 0.5) is 5.00 Å². The Bertz CT molecular complexity index is 1570. The van der Waals surface area contributed by atoms with Crippen molar-refractivity contribution in [3.63, 3.8) is 0 Å². The molecule has 0 atom stereocenters. The lowest BCUT2D eigenvalue weighted by atomic mass is 10.0. The molecule has 0 saturated carbocycles. The molecule has 5 aromatic rings. The maximum absolute atomic E-state index is 13.2. The summed E-state index contributed by atoms with van der Waals surface area (Å²) in [7, 11) is 0. The molecule has 0 aliphatic carbocycles. The van der Waals surface area contributed by atoms with Crippen molar-refractivity contribution >= 4 is 50.0 Å². The number of carbonyl (C=O) groups is 2. The first kappa shape index (κ1) is 21.6. The van der Waals surface area contributed by atoms with Gasteiger partial charge in [-0.25, -0.2) is 0 Å². The van der Waals surface area contributed by atoms with Crippen LogP contribution in [-0.4, -0.2) is 16.4 Å². The second kappa shape index (κ2) is 8.61. The topological polar surface area (TPSA) is 94.2 Å². The Hall–Kier alpha value is -4.23. The molecular formula is C27H21N3O3S. The molecule has 34 heavy (non-hydrogen) atoms. The summed E-state index contributed by atoms with van der Waals surface area (Å²) >= 11 is 1.32. The summed E-state index contributed by atoms with van der Waals surface area (Å²) < 4.78 is 1.82. The zero-order chi connectivity index (χ0) is 23.8. The zero-order valence-corrected chi connectivity index (χ0v) is 19.2. The van der Waals surface area contributed by atoms with Gasteiger partial charge in [-0.15, -0.1) is 11.3 Å². The lowest BCUT2D eigenvalue weighted by Crippen LogP contribution is -2.22. The van der Waals surface area contributed by atoms with Crippen LogP contribution in [0.3, 0.4) is 0 Å². The highest BCUT2D eigenvalue weighted by Crippen LogP contribution is 2.39. The number of amides is 2. The number of benzene rings is 3. The summed E-state index contributed by atoms with van der Waals surface area (Å²) in [4.78, 5) is 39.5. The van der Waals surface area contributed by atoms with E-state index in [1.807, 2.05) is 78.2 Å². The molecule has 0 aliphatic heterocycles. The first-order chi connectivity index (χ1) is 16.5. The number of pyridine rings is 1. The third-order valence-corrected chi connectivity index (χ3v) is 6.85. The number of thiophene rings is 1. The lowest BCUT2D eigenvalue weighted by molar-refractivity contribution is -0.116. The van der Waals surface area contributed by atoms with Gasteiger partial charge in [0.05, 0.1) is 16.6 Å². The van der Waals surface area contributed by atoms with Gasteiger partial charge in [0.1, 0.15) is 11.5 Å². The van der Waals surface area contributed by atoms with Crippen LogP contribution in [0.5, 0.6) is 0 Å². The van der Waals surface area contributed by atoms with Crippen LogP contribution in [0, 0.1) is 6.92 Å². The van der Waals surface area contributed by atoms with E-state index in [1.165, 1.54) is 11.3 Å². The highest BCUT2D eigenvalue weighted by atomic mass is 32.1. The van der Waals surface area contributed by atoms with Crippen LogP contribution in [0.25, 0.3) is 32.9 Å². The number of hydrogen-bond donors (Lipinski definition) is 2. The van der Waals surface area contributed by atoms with Crippen molar-refractivity contribution in [3.05, 3.63) is 99.5 Å². The number of rotatable bonds is 5. The molecule has 0 bridgehead atoms. The number of aryl methyl sites for hydroxylation is 1. The summed E-state index contributed by atoms with van der Waals surface area (Å²) in [6, 6.07) is 24.0. The molecule has 0 saturated heterocycles. The number of anilines is 1. The number of fused-ring (bicyclic) bond motifs is 2. The van der Waals surface area contributed by atoms with E-state index >= 15 is 0 Å². The molecule has 0 spiro atoms. The summed E-state index contributed by atoms with van der Waals surface area (Å²) in [6.45, 7) is 1.87. The van der Waals surface area contributed by atoms with E-state index in [4.69, 9.17) is 5.73 Å². The van der Waals surface area contributed by atoms with Gasteiger partial charge in [-0.3, -0.25) is 14.4 Å². The molecule has 0 unspecified atom stereocenters. The Labute approximate surface area is 199 Å². The number of nitrogens with zero attached hydrogens (tertiary/aromatic N) is 1. The highest BCUT2D eigenvalue weighted by Gasteiger charge is 2.23. The van der Waals surface area contributed by atoms with Crippen molar-refractivity contribution in [3.8, 4) is 11.1 Å². The van der Waals surface area contributed by atoms with Gasteiger partial charge < -0.3 is 15.6 Å². The predicted molar refractivity (Wildman–Crippen MR) is 137 cm³/mol. The molecule has 3 aromatic carbocycles. The van der Waals surface area contributed by atoms with Crippen molar-refractivity contribution in [1.29, 1.82) is 0 Å². The molecule has 2 aromatic heterocycles. The van der Waals surface area contributed by atoms with Crippen LogP contribution in [0.15, 0.2) is 83.7 Å². The van der Waals surface area contributed by atoms with E-state index in [-0.39, 0.29) is 17.9 Å². The largest absolute Gasteiger partial charge is 0.365 e. The molecule has 0 radical (unpaired) electrons. The Balaban J connectivity index is 1.57. The number of nitrogens with two attached hydrogens (primary N) is 1. The summed E-state index contributed by atoms with van der Waals surface area (Å²) in [5.74, 6) is -0.917. The Morgan fingerprint density at radius 1 is 0.882 bits per heavy atom. The van der Waals surface area contributed by atoms with E-state index in [2.05, 4.69) is 5.32 Å². The van der Waals surface area contributed by atoms with Crippen molar-refractivity contribution in [2.75, 3.05) is 5.32 Å². The number of carbonyl (C=O) groups excluding carboxylic acids is 2. The Morgan fingerprint density at radius 3 is 2.03 bits per heavy atom. The van der Waals surface area contributed by atoms with E-state index in [9.17, 15) is 14.4 Å². The van der Waals surface area contributed by atoms with Gasteiger partial charge in [-0.2, -0.15) is 0 Å². The van der Waals surface area contributed by atoms with Crippen LogP contribution in [0.1, 0.15) is 15.2 Å². The summed E-state index contributed by atoms with van der Waals surface area (Å²) in [6.07, 6.45) is 0. The average molecular weight is 468 g/mol. The minimum atomic E-state index is -0.599. The van der Waals surface area contributed by atoms with Crippen LogP contribution >= 0.6 is 11.3 Å². The highest BCUT2D eigenvalue weighted by molar-refractivity contribution is 7.17. The third-order valence-electron chi connectivity index (χ3n) is 5.83. The van der Waals surface area contributed by atoms with Gasteiger partial charge in [0, 0.05) is 21.2 Å². The second-order valence-electron chi connectivity index (χ2n) is 7.97. The van der Waals surface area contributed by atoms with Crippen molar-refractivity contribution in [1.82, 2.24) is 4.57 Å². The van der Waals surface area contributed by atoms with Gasteiger partial charge >= 0.3 is 0 Å². The van der Waals surface area contributed by atoms with Gasteiger partial charge in [0.15, 0.2) is 5.43 Å². The number of primary amides is 1. The van der Waals surface area contributed by atoms with Gasteiger partial charge in [0.2, 0.25) is 5.91 Å². The molecule has 0 aliphatic rings. The molecule has 0 fully saturated rings. The van der Waals surface area contributed by atoms with Crippen molar-refractivity contribution in [2.45, 2.75) is 13.5 Å².